The van der Waals surface area contributed by atoms with Crippen LogP contribution in [-0.2, 0) is 4.74 Å². The van der Waals surface area contributed by atoms with Gasteiger partial charge in [-0.15, -0.1) is 0 Å². The van der Waals surface area contributed by atoms with E-state index < -0.39 is 0 Å². The number of esters is 1. The lowest BCUT2D eigenvalue weighted by Gasteiger charge is -2.02. The molecule has 0 radical (unpaired) electrons. The second-order valence-corrected chi connectivity index (χ2v) is 3.74. The highest BCUT2D eigenvalue weighted by molar-refractivity contribution is 7.80. The second-order valence-electron chi connectivity index (χ2n) is 3.30. The minimum Gasteiger partial charge on any atom is -0.465 e. The van der Waals surface area contributed by atoms with Crippen LogP contribution in [0.15, 0.2) is 18.2 Å². The van der Waals surface area contributed by atoms with Crippen LogP contribution in [0.25, 0.3) is 0 Å². The summed E-state index contributed by atoms with van der Waals surface area (Å²) in [6.45, 7) is 1.96. The SMILES string of the molecule is COC(=O)c1ccc(C)c(C#CCCS)c1. The molecular formula is C13H14O2S. The van der Waals surface area contributed by atoms with Crippen LogP contribution in [0.2, 0.25) is 0 Å². The van der Waals surface area contributed by atoms with Crippen molar-refractivity contribution in [2.75, 3.05) is 12.9 Å². The average molecular weight is 234 g/mol. The van der Waals surface area contributed by atoms with E-state index in [1.54, 1.807) is 12.1 Å². The Morgan fingerprint density at radius 2 is 2.25 bits per heavy atom. The summed E-state index contributed by atoms with van der Waals surface area (Å²) in [5.41, 5.74) is 2.45. The van der Waals surface area contributed by atoms with E-state index in [9.17, 15) is 4.79 Å². The van der Waals surface area contributed by atoms with Gasteiger partial charge in [0.25, 0.3) is 0 Å². The first-order chi connectivity index (χ1) is 7.69. The first-order valence-corrected chi connectivity index (χ1v) is 5.61. The van der Waals surface area contributed by atoms with Crippen LogP contribution in [0.1, 0.15) is 27.9 Å². The molecule has 0 aliphatic rings. The number of methoxy groups -OCH3 is 1. The quantitative estimate of drug-likeness (QED) is 0.483. The molecule has 0 aliphatic heterocycles. The van der Waals surface area contributed by atoms with Crippen molar-refractivity contribution in [2.45, 2.75) is 13.3 Å². The van der Waals surface area contributed by atoms with E-state index in [1.165, 1.54) is 7.11 Å². The molecule has 0 heterocycles. The van der Waals surface area contributed by atoms with Crippen LogP contribution >= 0.6 is 12.6 Å². The monoisotopic (exact) mass is 234 g/mol. The zero-order valence-corrected chi connectivity index (χ0v) is 10.3. The number of aryl methyl sites for hydroxylation is 1. The van der Waals surface area contributed by atoms with Gasteiger partial charge in [-0.2, -0.15) is 12.6 Å². The van der Waals surface area contributed by atoms with Gasteiger partial charge >= 0.3 is 5.97 Å². The third-order valence-electron chi connectivity index (χ3n) is 2.12. The van der Waals surface area contributed by atoms with Crippen LogP contribution in [-0.4, -0.2) is 18.8 Å². The van der Waals surface area contributed by atoms with Crippen molar-refractivity contribution in [3.05, 3.63) is 34.9 Å². The van der Waals surface area contributed by atoms with Crippen LogP contribution in [0.5, 0.6) is 0 Å². The number of rotatable bonds is 2. The number of ether oxygens (including phenoxy) is 1. The molecule has 0 aliphatic carbocycles. The fraction of sp³-hybridized carbons (Fsp3) is 0.308. The van der Waals surface area contributed by atoms with Gasteiger partial charge in [-0.1, -0.05) is 17.9 Å². The Hall–Kier alpha value is -1.40. The van der Waals surface area contributed by atoms with Crippen LogP contribution < -0.4 is 0 Å². The Balaban J connectivity index is 3.01. The summed E-state index contributed by atoms with van der Waals surface area (Å²) < 4.78 is 4.66. The minimum atomic E-state index is -0.336. The number of hydrogen-bond donors (Lipinski definition) is 1. The molecule has 2 nitrogen and oxygen atoms in total. The summed E-state index contributed by atoms with van der Waals surface area (Å²) in [4.78, 5) is 11.3. The average Bonchev–Trinajstić information content (AvgIpc) is 2.31. The van der Waals surface area contributed by atoms with Crippen molar-refractivity contribution in [3.8, 4) is 11.8 Å². The van der Waals surface area contributed by atoms with Gasteiger partial charge in [-0.3, -0.25) is 0 Å². The standard InChI is InChI=1S/C13H14O2S/c1-10-6-7-12(13(14)15-2)9-11(10)5-3-4-8-16/h6-7,9,16H,4,8H2,1-2H3. The molecule has 0 amide bonds. The summed E-state index contributed by atoms with van der Waals surface area (Å²) >= 11 is 4.08. The smallest absolute Gasteiger partial charge is 0.337 e. The number of benzene rings is 1. The lowest BCUT2D eigenvalue weighted by molar-refractivity contribution is 0.0600. The third-order valence-corrected chi connectivity index (χ3v) is 2.34. The van der Waals surface area contributed by atoms with Crippen molar-refractivity contribution < 1.29 is 9.53 Å². The molecule has 0 spiro atoms. The molecular weight excluding hydrogens is 220 g/mol. The van der Waals surface area contributed by atoms with E-state index >= 15 is 0 Å². The van der Waals surface area contributed by atoms with Gasteiger partial charge in [0.2, 0.25) is 0 Å². The lowest BCUT2D eigenvalue weighted by Crippen LogP contribution is -2.01. The van der Waals surface area contributed by atoms with Crippen molar-refractivity contribution in [1.82, 2.24) is 0 Å². The van der Waals surface area contributed by atoms with Gasteiger partial charge in [-0.25, -0.2) is 4.79 Å². The summed E-state index contributed by atoms with van der Waals surface area (Å²) in [6.07, 6.45) is 0.741. The Bertz CT molecular complexity index is 441. The van der Waals surface area contributed by atoms with Gasteiger partial charge in [-0.05, 0) is 24.6 Å². The third kappa shape index (κ3) is 3.32. The molecule has 0 atom stereocenters. The Morgan fingerprint density at radius 1 is 1.50 bits per heavy atom. The predicted octanol–water partition coefficient (Wildman–Crippen LogP) is 2.45. The molecule has 0 fully saturated rings. The van der Waals surface area contributed by atoms with Crippen molar-refractivity contribution >= 4 is 18.6 Å². The molecule has 1 aromatic carbocycles. The van der Waals surface area contributed by atoms with Crippen LogP contribution in [0.3, 0.4) is 0 Å². The normalized spacial score (nSPS) is 9.19. The highest BCUT2D eigenvalue weighted by atomic mass is 32.1. The molecule has 84 valence electrons. The maximum atomic E-state index is 11.3. The summed E-state index contributed by atoms with van der Waals surface area (Å²) in [7, 11) is 1.37. The van der Waals surface area contributed by atoms with Gasteiger partial charge in [0.15, 0.2) is 0 Å². The van der Waals surface area contributed by atoms with Crippen molar-refractivity contribution in [3.63, 3.8) is 0 Å². The molecule has 3 heteroatoms. The second kappa shape index (κ2) is 6.24. The number of carbonyl (C=O) groups excluding carboxylic acids is 1. The van der Waals surface area contributed by atoms with Gasteiger partial charge < -0.3 is 4.74 Å². The summed E-state index contributed by atoms with van der Waals surface area (Å²) in [6, 6.07) is 5.37. The molecule has 0 unspecified atom stereocenters. The van der Waals surface area contributed by atoms with Crippen molar-refractivity contribution in [2.24, 2.45) is 0 Å². The Kier molecular flexibility index (Phi) is 4.94. The van der Waals surface area contributed by atoms with E-state index in [4.69, 9.17) is 0 Å². The van der Waals surface area contributed by atoms with E-state index in [1.807, 2.05) is 13.0 Å². The molecule has 0 saturated heterocycles. The molecule has 1 aromatic rings. The first kappa shape index (κ1) is 12.7. The van der Waals surface area contributed by atoms with E-state index in [0.717, 1.165) is 23.3 Å². The summed E-state index contributed by atoms with van der Waals surface area (Å²) in [5.74, 6) is 6.43. The minimum absolute atomic E-state index is 0.336. The first-order valence-electron chi connectivity index (χ1n) is 4.97. The highest BCUT2D eigenvalue weighted by Crippen LogP contribution is 2.11. The van der Waals surface area contributed by atoms with Gasteiger partial charge in [0.1, 0.15) is 0 Å². The fourth-order valence-electron chi connectivity index (χ4n) is 1.22. The molecule has 16 heavy (non-hydrogen) atoms. The van der Waals surface area contributed by atoms with Crippen LogP contribution in [0, 0.1) is 18.8 Å². The topological polar surface area (TPSA) is 26.3 Å². The lowest BCUT2D eigenvalue weighted by atomic mass is 10.1. The summed E-state index contributed by atoms with van der Waals surface area (Å²) in [5, 5.41) is 0. The molecule has 0 N–H and O–H groups in total. The number of hydrogen-bond acceptors (Lipinski definition) is 3. The molecule has 0 bridgehead atoms. The fourth-order valence-corrected chi connectivity index (χ4v) is 1.33. The maximum absolute atomic E-state index is 11.3. The van der Waals surface area contributed by atoms with Crippen LogP contribution in [0.4, 0.5) is 0 Å². The molecule has 0 aromatic heterocycles. The zero-order chi connectivity index (χ0) is 12.0. The number of carbonyl (C=O) groups is 1. The maximum Gasteiger partial charge on any atom is 0.337 e. The van der Waals surface area contributed by atoms with E-state index in [2.05, 4.69) is 29.2 Å². The van der Waals surface area contributed by atoms with E-state index in [-0.39, 0.29) is 5.97 Å². The highest BCUT2D eigenvalue weighted by Gasteiger charge is 2.06. The molecule has 1 rings (SSSR count). The van der Waals surface area contributed by atoms with Gasteiger partial charge in [0, 0.05) is 17.7 Å². The molecule has 0 saturated carbocycles. The Labute approximate surface area is 101 Å². The van der Waals surface area contributed by atoms with E-state index in [0.29, 0.717) is 5.56 Å². The van der Waals surface area contributed by atoms with Gasteiger partial charge in [0.05, 0.1) is 12.7 Å². The van der Waals surface area contributed by atoms with Crippen molar-refractivity contribution in [1.29, 1.82) is 0 Å². The zero-order valence-electron chi connectivity index (χ0n) is 9.41. The largest absolute Gasteiger partial charge is 0.465 e. The predicted molar refractivity (Wildman–Crippen MR) is 67.9 cm³/mol. The number of thiol groups is 1. The Morgan fingerprint density at radius 3 is 2.88 bits per heavy atom.